The molecule has 0 saturated heterocycles. The Morgan fingerprint density at radius 2 is 1.79 bits per heavy atom. The van der Waals surface area contributed by atoms with Crippen molar-refractivity contribution < 1.29 is 4.79 Å². The number of carbonyl (C=O) groups excluding carboxylic acids is 1. The molecule has 2 aromatic carbocycles. The molecular formula is C22H24N4OS. The summed E-state index contributed by atoms with van der Waals surface area (Å²) in [6, 6.07) is 18.4. The number of carbonyl (C=O) groups is 1. The Balaban J connectivity index is 1.49. The molecular weight excluding hydrogens is 368 g/mol. The summed E-state index contributed by atoms with van der Waals surface area (Å²) in [7, 11) is 0. The normalized spacial score (nSPS) is 14.6. The third kappa shape index (κ3) is 3.69. The zero-order chi connectivity index (χ0) is 19.5. The number of hydrogen-bond donors (Lipinski definition) is 0. The zero-order valence-corrected chi connectivity index (χ0v) is 17.0. The van der Waals surface area contributed by atoms with Crippen LogP contribution in [-0.4, -0.2) is 37.4 Å². The lowest BCUT2D eigenvalue weighted by molar-refractivity contribution is -0.131. The van der Waals surface area contributed by atoms with E-state index in [1.54, 1.807) is 0 Å². The molecule has 3 aromatic rings. The summed E-state index contributed by atoms with van der Waals surface area (Å²) in [6.45, 7) is 6.27. The maximum absolute atomic E-state index is 13.0. The number of rotatable bonds is 5. The minimum atomic E-state index is -0.205. The summed E-state index contributed by atoms with van der Waals surface area (Å²) in [6.07, 6.45) is 0.919. The Hall–Kier alpha value is -2.60. The van der Waals surface area contributed by atoms with Gasteiger partial charge in [0, 0.05) is 25.2 Å². The van der Waals surface area contributed by atoms with Gasteiger partial charge in [0.1, 0.15) is 0 Å². The van der Waals surface area contributed by atoms with Crippen molar-refractivity contribution in [1.82, 2.24) is 19.7 Å². The van der Waals surface area contributed by atoms with E-state index in [2.05, 4.69) is 39.9 Å². The van der Waals surface area contributed by atoms with Gasteiger partial charge in [-0.25, -0.2) is 0 Å². The summed E-state index contributed by atoms with van der Waals surface area (Å²) >= 11 is 1.49. The maximum Gasteiger partial charge on any atom is 0.236 e. The van der Waals surface area contributed by atoms with Crippen LogP contribution in [0.1, 0.15) is 25.0 Å². The van der Waals surface area contributed by atoms with Crippen molar-refractivity contribution in [2.75, 3.05) is 6.54 Å². The average molecular weight is 393 g/mol. The van der Waals surface area contributed by atoms with Gasteiger partial charge in [0.2, 0.25) is 5.91 Å². The van der Waals surface area contributed by atoms with E-state index in [0.29, 0.717) is 6.54 Å². The number of thioether (sulfide) groups is 1. The lowest BCUT2D eigenvalue weighted by atomic mass is 10.00. The Kier molecular flexibility index (Phi) is 5.48. The van der Waals surface area contributed by atoms with Crippen LogP contribution in [0, 0.1) is 0 Å². The first-order valence-electron chi connectivity index (χ1n) is 9.68. The number of aromatic nitrogens is 3. The highest BCUT2D eigenvalue weighted by Crippen LogP contribution is 2.28. The Morgan fingerprint density at radius 3 is 2.54 bits per heavy atom. The lowest BCUT2D eigenvalue weighted by Crippen LogP contribution is -2.40. The van der Waals surface area contributed by atoms with E-state index >= 15 is 0 Å². The molecule has 0 radical (unpaired) electrons. The van der Waals surface area contributed by atoms with Crippen LogP contribution >= 0.6 is 11.8 Å². The molecule has 0 aliphatic carbocycles. The molecule has 0 fully saturated rings. The standard InChI is InChI=1S/C22H24N4OS/c1-3-26-20(18-10-5-4-6-11-18)23-24-22(26)28-16(2)21(27)25-14-13-17-9-7-8-12-19(17)15-25/h4-12,16H,3,13-15H2,1-2H3. The number of benzene rings is 2. The van der Waals surface area contributed by atoms with Gasteiger partial charge in [0.25, 0.3) is 0 Å². The van der Waals surface area contributed by atoms with E-state index in [4.69, 9.17) is 0 Å². The predicted molar refractivity (Wildman–Crippen MR) is 112 cm³/mol. The molecule has 1 aromatic heterocycles. The maximum atomic E-state index is 13.0. The molecule has 0 bridgehead atoms. The molecule has 0 saturated carbocycles. The molecule has 1 aliphatic rings. The lowest BCUT2D eigenvalue weighted by Gasteiger charge is -2.30. The second-order valence-corrected chi connectivity index (χ2v) is 8.26. The van der Waals surface area contributed by atoms with Crippen LogP contribution in [0.3, 0.4) is 0 Å². The molecule has 1 atom stereocenters. The second-order valence-electron chi connectivity index (χ2n) is 6.96. The van der Waals surface area contributed by atoms with Crippen molar-refractivity contribution in [1.29, 1.82) is 0 Å². The van der Waals surface area contributed by atoms with E-state index in [1.165, 1.54) is 22.9 Å². The van der Waals surface area contributed by atoms with Crippen LogP contribution in [0.15, 0.2) is 59.8 Å². The van der Waals surface area contributed by atoms with Crippen molar-refractivity contribution in [2.24, 2.45) is 0 Å². The summed E-state index contributed by atoms with van der Waals surface area (Å²) < 4.78 is 2.08. The number of amides is 1. The SMILES string of the molecule is CCn1c(SC(C)C(=O)N2CCc3ccccc3C2)nnc1-c1ccccc1. The van der Waals surface area contributed by atoms with Crippen LogP contribution in [0.2, 0.25) is 0 Å². The van der Waals surface area contributed by atoms with E-state index in [1.807, 2.05) is 48.2 Å². The first kappa shape index (κ1) is 18.7. The molecule has 4 rings (SSSR count). The van der Waals surface area contributed by atoms with Crippen LogP contribution in [-0.2, 0) is 24.3 Å². The zero-order valence-electron chi connectivity index (χ0n) is 16.2. The van der Waals surface area contributed by atoms with Gasteiger partial charge in [-0.2, -0.15) is 0 Å². The minimum absolute atomic E-state index is 0.159. The molecule has 2 heterocycles. The van der Waals surface area contributed by atoms with E-state index in [-0.39, 0.29) is 11.2 Å². The van der Waals surface area contributed by atoms with Crippen LogP contribution < -0.4 is 0 Å². The second kappa shape index (κ2) is 8.19. The minimum Gasteiger partial charge on any atom is -0.337 e. The Labute approximate surface area is 169 Å². The molecule has 6 heteroatoms. The van der Waals surface area contributed by atoms with Gasteiger partial charge in [-0.1, -0.05) is 66.4 Å². The molecule has 1 unspecified atom stereocenters. The Bertz CT molecular complexity index is 970. The van der Waals surface area contributed by atoms with Crippen molar-refractivity contribution in [2.45, 2.75) is 43.8 Å². The fraction of sp³-hybridized carbons (Fsp3) is 0.318. The van der Waals surface area contributed by atoms with Gasteiger partial charge in [0.15, 0.2) is 11.0 Å². The van der Waals surface area contributed by atoms with Gasteiger partial charge < -0.3 is 9.47 Å². The van der Waals surface area contributed by atoms with Crippen LogP contribution in [0.25, 0.3) is 11.4 Å². The highest BCUT2D eigenvalue weighted by molar-refractivity contribution is 8.00. The fourth-order valence-electron chi connectivity index (χ4n) is 3.61. The first-order valence-corrected chi connectivity index (χ1v) is 10.6. The van der Waals surface area contributed by atoms with Crippen molar-refractivity contribution >= 4 is 17.7 Å². The van der Waals surface area contributed by atoms with E-state index in [0.717, 1.165) is 36.1 Å². The molecule has 0 N–H and O–H groups in total. The average Bonchev–Trinajstić information content (AvgIpc) is 3.15. The van der Waals surface area contributed by atoms with Gasteiger partial charge in [-0.05, 0) is 31.4 Å². The largest absolute Gasteiger partial charge is 0.337 e. The number of fused-ring (bicyclic) bond motifs is 1. The molecule has 5 nitrogen and oxygen atoms in total. The predicted octanol–water partition coefficient (Wildman–Crippen LogP) is 4.03. The first-order chi connectivity index (χ1) is 13.7. The van der Waals surface area contributed by atoms with Crippen molar-refractivity contribution in [3.8, 4) is 11.4 Å². The molecule has 28 heavy (non-hydrogen) atoms. The summed E-state index contributed by atoms with van der Waals surface area (Å²) in [4.78, 5) is 15.0. The van der Waals surface area contributed by atoms with Gasteiger partial charge in [-0.3, -0.25) is 4.79 Å². The van der Waals surface area contributed by atoms with Crippen LogP contribution in [0.5, 0.6) is 0 Å². The highest BCUT2D eigenvalue weighted by Gasteiger charge is 2.27. The summed E-state index contributed by atoms with van der Waals surface area (Å²) in [5, 5.41) is 9.34. The molecule has 0 spiro atoms. The highest BCUT2D eigenvalue weighted by atomic mass is 32.2. The fourth-order valence-corrected chi connectivity index (χ4v) is 4.61. The number of hydrogen-bond acceptors (Lipinski definition) is 4. The number of nitrogens with zero attached hydrogens (tertiary/aromatic N) is 4. The van der Waals surface area contributed by atoms with Crippen molar-refractivity contribution in [3.63, 3.8) is 0 Å². The third-order valence-corrected chi connectivity index (χ3v) is 6.21. The summed E-state index contributed by atoms with van der Waals surface area (Å²) in [5.74, 6) is 1.00. The molecule has 1 aliphatic heterocycles. The third-order valence-electron chi connectivity index (χ3n) is 5.14. The van der Waals surface area contributed by atoms with Gasteiger partial charge in [-0.15, -0.1) is 10.2 Å². The topological polar surface area (TPSA) is 51.0 Å². The van der Waals surface area contributed by atoms with Crippen molar-refractivity contribution in [3.05, 3.63) is 65.7 Å². The molecule has 144 valence electrons. The quantitative estimate of drug-likeness (QED) is 0.615. The van der Waals surface area contributed by atoms with Gasteiger partial charge in [0.05, 0.1) is 5.25 Å². The van der Waals surface area contributed by atoms with E-state index < -0.39 is 0 Å². The summed E-state index contributed by atoms with van der Waals surface area (Å²) in [5.41, 5.74) is 3.64. The Morgan fingerprint density at radius 1 is 1.07 bits per heavy atom. The van der Waals surface area contributed by atoms with Gasteiger partial charge >= 0.3 is 0 Å². The molecule has 1 amide bonds. The van der Waals surface area contributed by atoms with Crippen LogP contribution in [0.4, 0.5) is 0 Å². The smallest absolute Gasteiger partial charge is 0.236 e. The van der Waals surface area contributed by atoms with E-state index in [9.17, 15) is 4.79 Å². The monoisotopic (exact) mass is 392 g/mol.